The minimum atomic E-state index is 0.180. The number of hydrogen-bond donors (Lipinski definition) is 1. The van der Waals surface area contributed by atoms with Crippen LogP contribution in [0.15, 0.2) is 42.5 Å². The highest BCUT2D eigenvalue weighted by atomic mass is 35.5. The van der Waals surface area contributed by atoms with Crippen molar-refractivity contribution in [2.24, 2.45) is 0 Å². The van der Waals surface area contributed by atoms with Gasteiger partial charge in [-0.25, -0.2) is 0 Å². The molecule has 1 aliphatic rings. The summed E-state index contributed by atoms with van der Waals surface area (Å²) >= 11 is 18.6. The SMILES string of the molecule is N#CCCNC1CCN(c2ccc(Cl)cc2Cl)C(c2ccc(Cl)cc2)C1. The number of rotatable bonds is 5. The van der Waals surface area contributed by atoms with Crippen LogP contribution in [0.4, 0.5) is 5.69 Å². The van der Waals surface area contributed by atoms with Gasteiger partial charge in [0.1, 0.15) is 0 Å². The standard InChI is InChI=1S/C20H20Cl3N3/c21-15-4-2-14(3-5-15)20-13-17(25-10-1-9-24)8-11-26(20)19-7-6-16(22)12-18(19)23/h2-7,12,17,20,25H,1,8,10-11,13H2. The second-order valence-corrected chi connectivity index (χ2v) is 7.72. The summed E-state index contributed by atoms with van der Waals surface area (Å²) in [5.41, 5.74) is 2.19. The van der Waals surface area contributed by atoms with Crippen LogP contribution in [0.1, 0.15) is 30.9 Å². The largest absolute Gasteiger partial charge is 0.363 e. The zero-order valence-electron chi connectivity index (χ0n) is 14.3. The van der Waals surface area contributed by atoms with Gasteiger partial charge in [-0.05, 0) is 48.7 Å². The van der Waals surface area contributed by atoms with Gasteiger partial charge >= 0.3 is 0 Å². The summed E-state index contributed by atoms with van der Waals surface area (Å²) in [4.78, 5) is 2.34. The van der Waals surface area contributed by atoms with E-state index in [1.165, 1.54) is 5.56 Å². The molecule has 3 rings (SSSR count). The predicted octanol–water partition coefficient (Wildman–Crippen LogP) is 5.86. The summed E-state index contributed by atoms with van der Waals surface area (Å²) in [5, 5.41) is 14.3. The Labute approximate surface area is 169 Å². The van der Waals surface area contributed by atoms with E-state index < -0.39 is 0 Å². The highest BCUT2D eigenvalue weighted by Gasteiger charge is 2.30. The van der Waals surface area contributed by atoms with Gasteiger partial charge in [0.15, 0.2) is 0 Å². The van der Waals surface area contributed by atoms with Gasteiger partial charge < -0.3 is 10.2 Å². The molecular weight excluding hydrogens is 389 g/mol. The van der Waals surface area contributed by atoms with Crippen LogP contribution in [0.5, 0.6) is 0 Å². The number of halogens is 3. The van der Waals surface area contributed by atoms with Gasteiger partial charge in [0.2, 0.25) is 0 Å². The van der Waals surface area contributed by atoms with Crippen LogP contribution in [-0.4, -0.2) is 19.1 Å². The van der Waals surface area contributed by atoms with E-state index in [0.717, 1.165) is 36.6 Å². The molecule has 0 radical (unpaired) electrons. The summed E-state index contributed by atoms with van der Waals surface area (Å²) in [6.07, 6.45) is 2.45. The molecule has 136 valence electrons. The quantitative estimate of drug-likeness (QED) is 0.630. The van der Waals surface area contributed by atoms with Crippen LogP contribution >= 0.6 is 34.8 Å². The van der Waals surface area contributed by atoms with Crippen LogP contribution < -0.4 is 10.2 Å². The molecule has 1 heterocycles. The molecule has 0 saturated carbocycles. The Balaban J connectivity index is 1.87. The fourth-order valence-corrected chi connectivity index (χ4v) is 4.13. The minimum Gasteiger partial charge on any atom is -0.363 e. The number of piperidine rings is 1. The maximum Gasteiger partial charge on any atom is 0.0654 e. The highest BCUT2D eigenvalue weighted by molar-refractivity contribution is 6.36. The van der Waals surface area contributed by atoms with Crippen molar-refractivity contribution in [1.29, 1.82) is 5.26 Å². The average molecular weight is 409 g/mol. The first-order chi connectivity index (χ1) is 12.6. The van der Waals surface area contributed by atoms with E-state index in [-0.39, 0.29) is 6.04 Å². The van der Waals surface area contributed by atoms with E-state index in [1.807, 2.05) is 24.3 Å². The number of benzene rings is 2. The molecule has 2 unspecified atom stereocenters. The molecule has 6 heteroatoms. The molecule has 1 fully saturated rings. The first kappa shape index (κ1) is 19.3. The molecule has 2 aromatic carbocycles. The van der Waals surface area contributed by atoms with Crippen LogP contribution in [0.2, 0.25) is 15.1 Å². The van der Waals surface area contributed by atoms with Crippen LogP contribution in [0.25, 0.3) is 0 Å². The molecule has 3 nitrogen and oxygen atoms in total. The van der Waals surface area contributed by atoms with Gasteiger partial charge in [-0.2, -0.15) is 5.26 Å². The number of nitrogens with one attached hydrogen (secondary N) is 1. The Kier molecular flexibility index (Phi) is 6.67. The average Bonchev–Trinajstić information content (AvgIpc) is 2.63. The zero-order chi connectivity index (χ0) is 18.5. The third kappa shape index (κ3) is 4.64. The fourth-order valence-electron chi connectivity index (χ4n) is 3.49. The molecular formula is C20H20Cl3N3. The second kappa shape index (κ2) is 8.97. The molecule has 0 amide bonds. The van der Waals surface area contributed by atoms with Crippen molar-refractivity contribution >= 4 is 40.5 Å². The first-order valence-electron chi connectivity index (χ1n) is 8.66. The van der Waals surface area contributed by atoms with Crippen LogP contribution in [0, 0.1) is 11.3 Å². The van der Waals surface area contributed by atoms with Crippen LogP contribution in [-0.2, 0) is 0 Å². The Bertz CT molecular complexity index is 786. The zero-order valence-corrected chi connectivity index (χ0v) is 16.5. The summed E-state index contributed by atoms with van der Waals surface area (Å²) < 4.78 is 0. The third-order valence-corrected chi connectivity index (χ3v) is 5.54. The van der Waals surface area contributed by atoms with E-state index in [2.05, 4.69) is 28.4 Å². The summed E-state index contributed by atoms with van der Waals surface area (Å²) in [7, 11) is 0. The summed E-state index contributed by atoms with van der Waals surface area (Å²) in [6.45, 7) is 1.59. The minimum absolute atomic E-state index is 0.180. The molecule has 0 spiro atoms. The second-order valence-electron chi connectivity index (χ2n) is 6.44. The monoisotopic (exact) mass is 407 g/mol. The van der Waals surface area contributed by atoms with Crippen molar-refractivity contribution < 1.29 is 0 Å². The Morgan fingerprint density at radius 1 is 1.08 bits per heavy atom. The van der Waals surface area contributed by atoms with Crippen molar-refractivity contribution in [3.8, 4) is 6.07 Å². The molecule has 1 N–H and O–H groups in total. The number of anilines is 1. The van der Waals surface area contributed by atoms with Gasteiger partial charge in [0.25, 0.3) is 0 Å². The number of nitriles is 1. The van der Waals surface area contributed by atoms with E-state index in [1.54, 1.807) is 6.07 Å². The van der Waals surface area contributed by atoms with E-state index in [9.17, 15) is 0 Å². The maximum atomic E-state index is 8.76. The van der Waals surface area contributed by atoms with Gasteiger partial charge in [-0.15, -0.1) is 0 Å². The van der Waals surface area contributed by atoms with Crippen molar-refractivity contribution in [3.05, 3.63) is 63.1 Å². The Morgan fingerprint density at radius 2 is 1.81 bits per heavy atom. The first-order valence-corrected chi connectivity index (χ1v) is 9.79. The van der Waals surface area contributed by atoms with E-state index >= 15 is 0 Å². The van der Waals surface area contributed by atoms with Crippen molar-refractivity contribution in [3.63, 3.8) is 0 Å². The van der Waals surface area contributed by atoms with Crippen LogP contribution in [0.3, 0.4) is 0 Å². The fraction of sp³-hybridized carbons (Fsp3) is 0.350. The summed E-state index contributed by atoms with van der Waals surface area (Å²) in [5.74, 6) is 0. The molecule has 2 atom stereocenters. The predicted molar refractivity (Wildman–Crippen MR) is 109 cm³/mol. The lowest BCUT2D eigenvalue weighted by atomic mass is 9.91. The smallest absolute Gasteiger partial charge is 0.0654 e. The lowest BCUT2D eigenvalue weighted by molar-refractivity contribution is 0.363. The van der Waals surface area contributed by atoms with Gasteiger partial charge in [-0.1, -0.05) is 46.9 Å². The van der Waals surface area contributed by atoms with Gasteiger partial charge in [0, 0.05) is 35.6 Å². The molecule has 1 aliphatic heterocycles. The Hall–Kier alpha value is -1.44. The number of nitrogens with zero attached hydrogens (tertiary/aromatic N) is 2. The Morgan fingerprint density at radius 3 is 2.50 bits per heavy atom. The normalized spacial score (nSPS) is 20.0. The topological polar surface area (TPSA) is 39.1 Å². The molecule has 0 aliphatic carbocycles. The number of hydrogen-bond acceptors (Lipinski definition) is 3. The van der Waals surface area contributed by atoms with Crippen molar-refractivity contribution in [2.45, 2.75) is 31.3 Å². The molecule has 0 aromatic heterocycles. The van der Waals surface area contributed by atoms with Crippen molar-refractivity contribution in [1.82, 2.24) is 5.32 Å². The molecule has 26 heavy (non-hydrogen) atoms. The lowest BCUT2D eigenvalue weighted by Crippen LogP contribution is -2.44. The molecule has 1 saturated heterocycles. The molecule has 2 aromatic rings. The third-order valence-electron chi connectivity index (χ3n) is 4.75. The highest BCUT2D eigenvalue weighted by Crippen LogP contribution is 2.39. The van der Waals surface area contributed by atoms with E-state index in [0.29, 0.717) is 22.5 Å². The summed E-state index contributed by atoms with van der Waals surface area (Å²) in [6, 6.07) is 16.4. The lowest BCUT2D eigenvalue weighted by Gasteiger charge is -2.42. The van der Waals surface area contributed by atoms with E-state index in [4.69, 9.17) is 40.1 Å². The van der Waals surface area contributed by atoms with Crippen molar-refractivity contribution in [2.75, 3.05) is 18.0 Å². The van der Waals surface area contributed by atoms with Gasteiger partial charge in [-0.3, -0.25) is 0 Å². The maximum absolute atomic E-state index is 8.76. The molecule has 0 bridgehead atoms. The van der Waals surface area contributed by atoms with Gasteiger partial charge in [0.05, 0.1) is 22.8 Å².